The summed E-state index contributed by atoms with van der Waals surface area (Å²) < 4.78 is 22.7. The van der Waals surface area contributed by atoms with Crippen LogP contribution in [0.15, 0.2) is 0 Å². The molecule has 1 saturated heterocycles. The highest BCUT2D eigenvalue weighted by Gasteiger charge is 2.38. The topological polar surface area (TPSA) is 63.2 Å². The first-order valence-corrected chi connectivity index (χ1v) is 7.76. The van der Waals surface area contributed by atoms with Crippen molar-refractivity contribution in [3.63, 3.8) is 0 Å². The minimum Gasteiger partial charge on any atom is -0.305 e. The van der Waals surface area contributed by atoms with Gasteiger partial charge in [0.2, 0.25) is 0 Å². The summed E-state index contributed by atoms with van der Waals surface area (Å²) in [6, 6.07) is 0. The Balaban J connectivity index is 2.58. The Hall–Kier alpha value is -0.420. The Morgan fingerprint density at radius 1 is 1.38 bits per heavy atom. The van der Waals surface area contributed by atoms with E-state index in [4.69, 9.17) is 0 Å². The van der Waals surface area contributed by atoms with Gasteiger partial charge in [0.1, 0.15) is 9.84 Å². The molecule has 1 aliphatic heterocycles. The van der Waals surface area contributed by atoms with Gasteiger partial charge in [0.15, 0.2) is 5.78 Å². The molecule has 5 heteroatoms. The van der Waals surface area contributed by atoms with Gasteiger partial charge in [-0.3, -0.25) is 4.79 Å². The standard InChI is InChI=1S/C11H21NO3S/c1-3-11(7-5-8-12-11)10(13)6-9-16(14,15)4-2/h12H,3-9H2,1-2H3. The molecule has 4 nitrogen and oxygen atoms in total. The molecular formula is C11H21NO3S. The van der Waals surface area contributed by atoms with Gasteiger partial charge in [0.05, 0.1) is 11.3 Å². The number of ketones is 1. The van der Waals surface area contributed by atoms with Gasteiger partial charge < -0.3 is 5.32 Å². The molecule has 0 bridgehead atoms. The molecule has 1 aliphatic rings. The molecule has 0 spiro atoms. The van der Waals surface area contributed by atoms with Crippen molar-refractivity contribution in [3.05, 3.63) is 0 Å². The summed E-state index contributed by atoms with van der Waals surface area (Å²) >= 11 is 0. The van der Waals surface area contributed by atoms with E-state index in [0.717, 1.165) is 25.8 Å². The molecule has 1 atom stereocenters. The van der Waals surface area contributed by atoms with E-state index in [2.05, 4.69) is 5.32 Å². The van der Waals surface area contributed by atoms with E-state index in [9.17, 15) is 13.2 Å². The highest BCUT2D eigenvalue weighted by atomic mass is 32.2. The number of carbonyl (C=O) groups is 1. The fourth-order valence-corrected chi connectivity index (χ4v) is 2.96. The van der Waals surface area contributed by atoms with Crippen LogP contribution in [0.4, 0.5) is 0 Å². The van der Waals surface area contributed by atoms with E-state index >= 15 is 0 Å². The van der Waals surface area contributed by atoms with Gasteiger partial charge in [-0.1, -0.05) is 13.8 Å². The zero-order valence-corrected chi connectivity index (χ0v) is 10.9. The Kier molecular flexibility index (Phi) is 4.50. The summed E-state index contributed by atoms with van der Waals surface area (Å²) in [7, 11) is -3.03. The lowest BCUT2D eigenvalue weighted by atomic mass is 9.88. The first-order chi connectivity index (χ1) is 7.46. The molecule has 1 fully saturated rings. The lowest BCUT2D eigenvalue weighted by molar-refractivity contribution is -0.124. The van der Waals surface area contributed by atoms with Crippen molar-refractivity contribution in [2.45, 2.75) is 45.1 Å². The first-order valence-electron chi connectivity index (χ1n) is 5.94. The largest absolute Gasteiger partial charge is 0.305 e. The summed E-state index contributed by atoms with van der Waals surface area (Å²) in [5, 5.41) is 3.23. The molecule has 1 N–H and O–H groups in total. The molecule has 0 aliphatic carbocycles. The highest BCUT2D eigenvalue weighted by molar-refractivity contribution is 7.91. The lowest BCUT2D eigenvalue weighted by Crippen LogP contribution is -2.47. The summed E-state index contributed by atoms with van der Waals surface area (Å²) in [5.41, 5.74) is -0.441. The highest BCUT2D eigenvalue weighted by Crippen LogP contribution is 2.25. The van der Waals surface area contributed by atoms with E-state index in [0.29, 0.717) is 0 Å². The molecule has 16 heavy (non-hydrogen) atoms. The van der Waals surface area contributed by atoms with E-state index < -0.39 is 15.4 Å². The van der Waals surface area contributed by atoms with Crippen molar-refractivity contribution < 1.29 is 13.2 Å². The van der Waals surface area contributed by atoms with Crippen molar-refractivity contribution >= 4 is 15.6 Å². The first kappa shape index (κ1) is 13.6. The molecule has 0 aromatic rings. The van der Waals surface area contributed by atoms with Gasteiger partial charge in [-0.25, -0.2) is 8.42 Å². The van der Waals surface area contributed by atoms with Gasteiger partial charge in [-0.15, -0.1) is 0 Å². The fourth-order valence-electron chi connectivity index (χ4n) is 2.17. The lowest BCUT2D eigenvalue weighted by Gasteiger charge is -2.26. The van der Waals surface area contributed by atoms with Gasteiger partial charge in [0.25, 0.3) is 0 Å². The molecule has 0 saturated carbocycles. The van der Waals surface area contributed by atoms with Crippen LogP contribution in [0.5, 0.6) is 0 Å². The van der Waals surface area contributed by atoms with Gasteiger partial charge in [-0.2, -0.15) is 0 Å². The van der Waals surface area contributed by atoms with Gasteiger partial charge in [-0.05, 0) is 25.8 Å². The zero-order chi connectivity index (χ0) is 12.2. The Morgan fingerprint density at radius 2 is 2.06 bits per heavy atom. The number of nitrogens with one attached hydrogen (secondary N) is 1. The summed E-state index contributed by atoms with van der Waals surface area (Å²) in [4.78, 5) is 12.0. The van der Waals surface area contributed by atoms with Crippen LogP contribution in [0.1, 0.15) is 39.5 Å². The van der Waals surface area contributed by atoms with Crippen molar-refractivity contribution in [2.75, 3.05) is 18.1 Å². The minimum absolute atomic E-state index is 0.00817. The maximum Gasteiger partial charge on any atom is 0.153 e. The second-order valence-corrected chi connectivity index (χ2v) is 6.85. The maximum atomic E-state index is 12.0. The van der Waals surface area contributed by atoms with Crippen molar-refractivity contribution in [1.82, 2.24) is 5.32 Å². The van der Waals surface area contributed by atoms with Crippen LogP contribution in [0.25, 0.3) is 0 Å². The predicted octanol–water partition coefficient (Wildman–Crippen LogP) is 0.912. The average molecular weight is 247 g/mol. The summed E-state index contributed by atoms with van der Waals surface area (Å²) in [5.74, 6) is 0.169. The second-order valence-electron chi connectivity index (χ2n) is 4.38. The van der Waals surface area contributed by atoms with E-state index in [1.807, 2.05) is 6.92 Å². The van der Waals surface area contributed by atoms with E-state index in [1.165, 1.54) is 0 Å². The second kappa shape index (κ2) is 5.27. The fraction of sp³-hybridized carbons (Fsp3) is 0.909. The van der Waals surface area contributed by atoms with Crippen LogP contribution < -0.4 is 5.32 Å². The molecular weight excluding hydrogens is 226 g/mol. The Labute approximate surface area is 97.7 Å². The van der Waals surface area contributed by atoms with E-state index in [-0.39, 0.29) is 23.7 Å². The van der Waals surface area contributed by atoms with Gasteiger partial charge in [0, 0.05) is 12.2 Å². The van der Waals surface area contributed by atoms with Crippen molar-refractivity contribution in [2.24, 2.45) is 0 Å². The number of Topliss-reactive ketones (excluding diaryl/α,β-unsaturated/α-hetero) is 1. The molecule has 1 rings (SSSR count). The monoisotopic (exact) mass is 247 g/mol. The van der Waals surface area contributed by atoms with Crippen molar-refractivity contribution in [1.29, 1.82) is 0 Å². The van der Waals surface area contributed by atoms with Crippen LogP contribution in [-0.2, 0) is 14.6 Å². The van der Waals surface area contributed by atoms with Gasteiger partial charge >= 0.3 is 0 Å². The van der Waals surface area contributed by atoms with Crippen molar-refractivity contribution in [3.8, 4) is 0 Å². The SMILES string of the molecule is CCC1(C(=O)CCS(=O)(=O)CC)CCCN1. The third kappa shape index (κ3) is 3.04. The normalized spacial score (nSPS) is 25.9. The third-order valence-electron chi connectivity index (χ3n) is 3.46. The molecule has 0 aromatic heterocycles. The van der Waals surface area contributed by atoms with Crippen LogP contribution in [-0.4, -0.2) is 37.8 Å². The number of hydrogen-bond donors (Lipinski definition) is 1. The third-order valence-corrected chi connectivity index (χ3v) is 5.17. The van der Waals surface area contributed by atoms with Crippen LogP contribution in [0, 0.1) is 0 Å². The van der Waals surface area contributed by atoms with Crippen LogP contribution in [0.2, 0.25) is 0 Å². The quantitative estimate of drug-likeness (QED) is 0.758. The number of sulfone groups is 1. The maximum absolute atomic E-state index is 12.0. The molecule has 1 heterocycles. The zero-order valence-electron chi connectivity index (χ0n) is 10.1. The van der Waals surface area contributed by atoms with E-state index in [1.54, 1.807) is 6.92 Å². The number of rotatable bonds is 6. The molecule has 0 aromatic carbocycles. The average Bonchev–Trinajstić information content (AvgIpc) is 2.76. The summed E-state index contributed by atoms with van der Waals surface area (Å²) in [6.45, 7) is 4.45. The Bertz CT molecular complexity index is 342. The molecule has 0 radical (unpaired) electrons. The summed E-state index contributed by atoms with van der Waals surface area (Å²) in [6.07, 6.45) is 2.74. The number of hydrogen-bond acceptors (Lipinski definition) is 4. The minimum atomic E-state index is -3.03. The molecule has 1 unspecified atom stereocenters. The molecule has 94 valence electrons. The van der Waals surface area contributed by atoms with Crippen LogP contribution >= 0.6 is 0 Å². The Morgan fingerprint density at radius 3 is 2.50 bits per heavy atom. The molecule has 0 amide bonds. The smallest absolute Gasteiger partial charge is 0.153 e. The number of carbonyl (C=O) groups excluding carboxylic acids is 1. The predicted molar refractivity (Wildman–Crippen MR) is 64.2 cm³/mol. The van der Waals surface area contributed by atoms with Crippen LogP contribution in [0.3, 0.4) is 0 Å².